The van der Waals surface area contributed by atoms with E-state index in [-0.39, 0.29) is 13.0 Å². The zero-order chi connectivity index (χ0) is 18.2. The summed E-state index contributed by atoms with van der Waals surface area (Å²) >= 11 is 0. The van der Waals surface area contributed by atoms with Crippen LogP contribution >= 0.6 is 0 Å². The summed E-state index contributed by atoms with van der Waals surface area (Å²) in [6.07, 6.45) is -5.50. The van der Waals surface area contributed by atoms with E-state index < -0.39 is 18.1 Å². The number of nitrogens with one attached hydrogen (secondary N) is 1. The lowest BCUT2D eigenvalue weighted by Gasteiger charge is -2.10. The van der Waals surface area contributed by atoms with E-state index in [4.69, 9.17) is 4.74 Å². The van der Waals surface area contributed by atoms with E-state index >= 15 is 0 Å². The number of benzene rings is 1. The standard InChI is InChI=1S/C16H20F3NO4/c1-11(2)10-23-13-5-3-12(4-6-13)9-20-8-7-14(21)24-15(22)16(17,18)19/h3-6,11,20H,7-10H2,1-2H3. The maximum Gasteiger partial charge on any atom is 0.491 e. The molecule has 8 heteroatoms. The summed E-state index contributed by atoms with van der Waals surface area (Å²) in [6.45, 7) is 5.23. The molecule has 0 bridgehead atoms. The van der Waals surface area contributed by atoms with Crippen LogP contribution in [-0.2, 0) is 20.9 Å². The summed E-state index contributed by atoms with van der Waals surface area (Å²) in [5.74, 6) is -2.54. The predicted octanol–water partition coefficient (Wildman–Crippen LogP) is 2.83. The van der Waals surface area contributed by atoms with Gasteiger partial charge in [0, 0.05) is 13.1 Å². The third-order valence-corrected chi connectivity index (χ3v) is 2.78. The van der Waals surface area contributed by atoms with Gasteiger partial charge in [0.2, 0.25) is 0 Å². The van der Waals surface area contributed by atoms with E-state index in [0.29, 0.717) is 19.1 Å². The maximum absolute atomic E-state index is 11.9. The molecule has 0 aliphatic rings. The summed E-state index contributed by atoms with van der Waals surface area (Å²) < 4.78 is 44.9. The van der Waals surface area contributed by atoms with Crippen molar-refractivity contribution in [1.29, 1.82) is 0 Å². The van der Waals surface area contributed by atoms with Gasteiger partial charge in [-0.1, -0.05) is 26.0 Å². The minimum Gasteiger partial charge on any atom is -0.493 e. The van der Waals surface area contributed by atoms with Crippen LogP contribution in [0.3, 0.4) is 0 Å². The number of carbonyl (C=O) groups excluding carboxylic acids is 2. The van der Waals surface area contributed by atoms with E-state index in [2.05, 4.69) is 10.1 Å². The largest absolute Gasteiger partial charge is 0.493 e. The first kappa shape index (κ1) is 20.0. The zero-order valence-corrected chi connectivity index (χ0v) is 13.5. The Morgan fingerprint density at radius 2 is 1.79 bits per heavy atom. The molecule has 0 saturated carbocycles. The third-order valence-electron chi connectivity index (χ3n) is 2.78. The highest BCUT2D eigenvalue weighted by Crippen LogP contribution is 2.16. The van der Waals surface area contributed by atoms with Gasteiger partial charge >= 0.3 is 18.1 Å². The molecule has 1 aromatic rings. The number of carbonyl (C=O) groups is 2. The molecular formula is C16H20F3NO4. The van der Waals surface area contributed by atoms with Crippen molar-refractivity contribution in [2.45, 2.75) is 33.0 Å². The molecule has 0 spiro atoms. The Labute approximate surface area is 138 Å². The molecule has 134 valence electrons. The van der Waals surface area contributed by atoms with Gasteiger partial charge in [-0.3, -0.25) is 4.79 Å². The van der Waals surface area contributed by atoms with Crippen LogP contribution in [0.15, 0.2) is 24.3 Å². The molecule has 1 rings (SSSR count). The van der Waals surface area contributed by atoms with Crippen LogP contribution in [-0.4, -0.2) is 31.3 Å². The molecule has 1 aromatic carbocycles. The molecule has 0 heterocycles. The van der Waals surface area contributed by atoms with Gasteiger partial charge in [-0.2, -0.15) is 13.2 Å². The van der Waals surface area contributed by atoms with Gasteiger partial charge in [-0.05, 0) is 23.6 Å². The topological polar surface area (TPSA) is 64.6 Å². The minimum absolute atomic E-state index is 0.0928. The molecule has 0 unspecified atom stereocenters. The quantitative estimate of drug-likeness (QED) is 0.445. The Morgan fingerprint density at radius 1 is 1.17 bits per heavy atom. The van der Waals surface area contributed by atoms with Crippen molar-refractivity contribution in [2.24, 2.45) is 5.92 Å². The van der Waals surface area contributed by atoms with Crippen molar-refractivity contribution >= 4 is 11.9 Å². The number of hydrogen-bond acceptors (Lipinski definition) is 5. The SMILES string of the molecule is CC(C)COc1ccc(CNCCC(=O)OC(=O)C(F)(F)F)cc1. The van der Waals surface area contributed by atoms with Gasteiger partial charge < -0.3 is 14.8 Å². The Balaban J connectivity index is 2.25. The minimum atomic E-state index is -5.16. The van der Waals surface area contributed by atoms with Gasteiger partial charge in [0.15, 0.2) is 0 Å². The Bertz CT molecular complexity index is 541. The predicted molar refractivity (Wildman–Crippen MR) is 80.3 cm³/mol. The Morgan fingerprint density at radius 3 is 2.33 bits per heavy atom. The van der Waals surface area contributed by atoms with Crippen LogP contribution in [0, 0.1) is 5.92 Å². The number of esters is 2. The number of alkyl halides is 3. The Hall–Kier alpha value is -2.09. The van der Waals surface area contributed by atoms with Crippen LogP contribution in [0.25, 0.3) is 0 Å². The molecule has 0 aliphatic heterocycles. The second-order valence-corrected chi connectivity index (χ2v) is 5.53. The molecule has 0 fully saturated rings. The van der Waals surface area contributed by atoms with Crippen molar-refractivity contribution < 1.29 is 32.2 Å². The summed E-state index contributed by atoms with van der Waals surface area (Å²) in [7, 11) is 0. The number of hydrogen-bond donors (Lipinski definition) is 1. The summed E-state index contributed by atoms with van der Waals surface area (Å²) in [5, 5.41) is 2.88. The lowest BCUT2D eigenvalue weighted by molar-refractivity contribution is -0.201. The van der Waals surface area contributed by atoms with E-state index in [0.717, 1.165) is 11.3 Å². The smallest absolute Gasteiger partial charge is 0.491 e. The highest BCUT2D eigenvalue weighted by Gasteiger charge is 2.42. The first-order valence-electron chi connectivity index (χ1n) is 7.42. The normalized spacial score (nSPS) is 11.4. The van der Waals surface area contributed by atoms with Crippen molar-refractivity contribution in [3.05, 3.63) is 29.8 Å². The fourth-order valence-electron chi connectivity index (χ4n) is 1.60. The zero-order valence-electron chi connectivity index (χ0n) is 13.5. The Kier molecular flexibility index (Phi) is 7.70. The summed E-state index contributed by atoms with van der Waals surface area (Å²) in [6, 6.07) is 7.31. The van der Waals surface area contributed by atoms with Gasteiger partial charge in [-0.25, -0.2) is 4.79 Å². The molecule has 0 radical (unpaired) electrons. The fraction of sp³-hybridized carbons (Fsp3) is 0.500. The number of ether oxygens (including phenoxy) is 2. The van der Waals surface area contributed by atoms with Gasteiger partial charge in [0.05, 0.1) is 13.0 Å². The van der Waals surface area contributed by atoms with Crippen molar-refractivity contribution in [3.63, 3.8) is 0 Å². The molecule has 1 N–H and O–H groups in total. The van der Waals surface area contributed by atoms with Gasteiger partial charge in [-0.15, -0.1) is 0 Å². The average Bonchev–Trinajstić information content (AvgIpc) is 2.49. The lowest BCUT2D eigenvalue weighted by atomic mass is 10.2. The summed E-state index contributed by atoms with van der Waals surface area (Å²) in [4.78, 5) is 21.5. The van der Waals surface area contributed by atoms with Crippen LogP contribution in [0.1, 0.15) is 25.8 Å². The van der Waals surface area contributed by atoms with Gasteiger partial charge in [0.25, 0.3) is 0 Å². The lowest BCUT2D eigenvalue weighted by Crippen LogP contribution is -2.29. The van der Waals surface area contributed by atoms with E-state index in [1.54, 1.807) is 0 Å². The first-order chi connectivity index (χ1) is 11.2. The van der Waals surface area contributed by atoms with E-state index in [1.165, 1.54) is 0 Å². The molecule has 0 amide bonds. The average molecular weight is 347 g/mol. The molecule has 0 saturated heterocycles. The third kappa shape index (κ3) is 7.96. The molecule has 0 aliphatic carbocycles. The van der Waals surface area contributed by atoms with E-state index in [9.17, 15) is 22.8 Å². The molecular weight excluding hydrogens is 327 g/mol. The maximum atomic E-state index is 11.9. The van der Waals surface area contributed by atoms with Crippen molar-refractivity contribution in [2.75, 3.05) is 13.2 Å². The second-order valence-electron chi connectivity index (χ2n) is 5.53. The highest BCUT2D eigenvalue weighted by molar-refractivity contribution is 5.88. The second kappa shape index (κ2) is 9.27. The molecule has 0 atom stereocenters. The first-order valence-corrected chi connectivity index (χ1v) is 7.42. The monoisotopic (exact) mass is 347 g/mol. The summed E-state index contributed by atoms with van der Waals surface area (Å²) in [5.41, 5.74) is 0.923. The van der Waals surface area contributed by atoms with E-state index in [1.807, 2.05) is 38.1 Å². The van der Waals surface area contributed by atoms with Crippen LogP contribution < -0.4 is 10.1 Å². The molecule has 5 nitrogen and oxygen atoms in total. The molecule has 24 heavy (non-hydrogen) atoms. The van der Waals surface area contributed by atoms with Crippen LogP contribution in [0.2, 0.25) is 0 Å². The van der Waals surface area contributed by atoms with Crippen molar-refractivity contribution in [3.8, 4) is 5.75 Å². The highest BCUT2D eigenvalue weighted by atomic mass is 19.4. The van der Waals surface area contributed by atoms with Crippen LogP contribution in [0.4, 0.5) is 13.2 Å². The fourth-order valence-corrected chi connectivity index (χ4v) is 1.60. The number of rotatable bonds is 8. The number of halogens is 3. The van der Waals surface area contributed by atoms with Crippen LogP contribution in [0.5, 0.6) is 5.75 Å². The van der Waals surface area contributed by atoms with Crippen molar-refractivity contribution in [1.82, 2.24) is 5.32 Å². The van der Waals surface area contributed by atoms with Gasteiger partial charge in [0.1, 0.15) is 5.75 Å². The molecule has 0 aromatic heterocycles.